The molecule has 0 unspecified atom stereocenters. The van der Waals surface area contributed by atoms with Gasteiger partial charge >= 0.3 is 5.97 Å². The average molecular weight is 218 g/mol. The molecule has 0 spiro atoms. The van der Waals surface area contributed by atoms with Crippen LogP contribution in [0.5, 0.6) is 0 Å². The highest BCUT2D eigenvalue weighted by atomic mass is 16.6. The van der Waals surface area contributed by atoms with Gasteiger partial charge in [0, 0.05) is 6.42 Å². The summed E-state index contributed by atoms with van der Waals surface area (Å²) in [6.45, 7) is 1.90. The Balaban J connectivity index is 2.00. The summed E-state index contributed by atoms with van der Waals surface area (Å²) in [6, 6.07) is 8.99. The van der Waals surface area contributed by atoms with Gasteiger partial charge in [-0.3, -0.25) is 0 Å². The Hall–Kier alpha value is -1.77. The van der Waals surface area contributed by atoms with E-state index < -0.39 is 0 Å². The highest BCUT2D eigenvalue weighted by molar-refractivity contribution is 5.89. The van der Waals surface area contributed by atoms with Gasteiger partial charge in [0.25, 0.3) is 0 Å². The van der Waals surface area contributed by atoms with E-state index in [2.05, 4.69) is 0 Å². The molecule has 3 heteroatoms. The van der Waals surface area contributed by atoms with Crippen LogP contribution in [0.25, 0.3) is 0 Å². The van der Waals surface area contributed by atoms with Crippen molar-refractivity contribution in [3.8, 4) is 0 Å². The van der Waals surface area contributed by atoms with Crippen LogP contribution >= 0.6 is 0 Å². The van der Waals surface area contributed by atoms with E-state index in [4.69, 9.17) is 9.47 Å². The Morgan fingerprint density at radius 3 is 2.81 bits per heavy atom. The maximum Gasteiger partial charge on any atom is 0.338 e. The minimum Gasteiger partial charge on any atom is -0.495 e. The normalized spacial score (nSPS) is 23.6. The number of hydrogen-bond acceptors (Lipinski definition) is 3. The molecule has 3 nitrogen and oxygen atoms in total. The number of carbonyl (C=O) groups is 1. The van der Waals surface area contributed by atoms with Crippen molar-refractivity contribution in [2.45, 2.75) is 25.6 Å². The molecule has 0 amide bonds. The monoisotopic (exact) mass is 218 g/mol. The van der Waals surface area contributed by atoms with Gasteiger partial charge in [0.2, 0.25) is 0 Å². The lowest BCUT2D eigenvalue weighted by Crippen LogP contribution is -2.31. The minimum absolute atomic E-state index is 0.0855. The third-order valence-electron chi connectivity index (χ3n) is 2.55. The summed E-state index contributed by atoms with van der Waals surface area (Å²) in [4.78, 5) is 11.8. The molecule has 0 saturated heterocycles. The molecule has 0 N–H and O–H groups in total. The van der Waals surface area contributed by atoms with Crippen LogP contribution in [0.4, 0.5) is 0 Å². The number of esters is 1. The van der Waals surface area contributed by atoms with Gasteiger partial charge in [-0.1, -0.05) is 18.2 Å². The summed E-state index contributed by atoms with van der Waals surface area (Å²) in [5.74, 6) is -0.295. The van der Waals surface area contributed by atoms with E-state index in [9.17, 15) is 4.79 Å². The van der Waals surface area contributed by atoms with E-state index in [-0.39, 0.29) is 18.2 Å². The largest absolute Gasteiger partial charge is 0.495 e. The predicted molar refractivity (Wildman–Crippen MR) is 59.9 cm³/mol. The first-order chi connectivity index (χ1) is 7.77. The Kier molecular flexibility index (Phi) is 3.25. The Morgan fingerprint density at radius 2 is 2.12 bits per heavy atom. The smallest absolute Gasteiger partial charge is 0.338 e. The van der Waals surface area contributed by atoms with Crippen molar-refractivity contribution >= 4 is 5.97 Å². The zero-order chi connectivity index (χ0) is 11.4. The quantitative estimate of drug-likeness (QED) is 0.715. The summed E-state index contributed by atoms with van der Waals surface area (Å²) >= 11 is 0. The van der Waals surface area contributed by atoms with Crippen LogP contribution in [0.1, 0.15) is 23.7 Å². The first-order valence-electron chi connectivity index (χ1n) is 5.34. The van der Waals surface area contributed by atoms with Gasteiger partial charge in [0.15, 0.2) is 0 Å². The van der Waals surface area contributed by atoms with Gasteiger partial charge in [-0.15, -0.1) is 0 Å². The van der Waals surface area contributed by atoms with Crippen LogP contribution in [-0.4, -0.2) is 18.2 Å². The van der Waals surface area contributed by atoms with Gasteiger partial charge in [0.05, 0.1) is 11.8 Å². The molecule has 1 aromatic rings. The van der Waals surface area contributed by atoms with Crippen molar-refractivity contribution < 1.29 is 14.3 Å². The van der Waals surface area contributed by atoms with E-state index >= 15 is 0 Å². The summed E-state index contributed by atoms with van der Waals surface area (Å²) in [5, 5.41) is 0. The number of benzene rings is 1. The van der Waals surface area contributed by atoms with Crippen LogP contribution < -0.4 is 0 Å². The van der Waals surface area contributed by atoms with E-state index in [0.717, 1.165) is 0 Å². The molecular weight excluding hydrogens is 204 g/mol. The molecule has 0 bridgehead atoms. The number of carbonyl (C=O) groups excluding carboxylic acids is 1. The molecule has 0 fully saturated rings. The van der Waals surface area contributed by atoms with Crippen molar-refractivity contribution in [3.05, 3.63) is 48.2 Å². The topological polar surface area (TPSA) is 35.5 Å². The molecule has 1 heterocycles. The summed E-state index contributed by atoms with van der Waals surface area (Å²) in [6.07, 6.45) is 3.94. The van der Waals surface area contributed by atoms with Crippen molar-refractivity contribution in [1.82, 2.24) is 0 Å². The highest BCUT2D eigenvalue weighted by Gasteiger charge is 2.24. The standard InChI is InChI=1S/C13H14O3/c1-10-12(8-5-9-15-10)16-13(14)11-6-3-2-4-7-11/h2-7,9-10,12H,8H2,1H3/t10-,12+/m1/s1. The number of rotatable bonds is 2. The lowest BCUT2D eigenvalue weighted by atomic mass is 10.1. The van der Waals surface area contributed by atoms with Gasteiger partial charge in [-0.25, -0.2) is 4.79 Å². The van der Waals surface area contributed by atoms with Gasteiger partial charge in [0.1, 0.15) is 12.2 Å². The zero-order valence-electron chi connectivity index (χ0n) is 9.13. The van der Waals surface area contributed by atoms with Crippen molar-refractivity contribution in [2.75, 3.05) is 0 Å². The van der Waals surface area contributed by atoms with Crippen LogP contribution in [0.2, 0.25) is 0 Å². The first-order valence-corrected chi connectivity index (χ1v) is 5.34. The molecule has 0 saturated carbocycles. The van der Waals surface area contributed by atoms with Crippen LogP contribution in [0, 0.1) is 0 Å². The lowest BCUT2D eigenvalue weighted by Gasteiger charge is -2.25. The average Bonchev–Trinajstić information content (AvgIpc) is 2.33. The van der Waals surface area contributed by atoms with Crippen LogP contribution in [0.15, 0.2) is 42.7 Å². The fourth-order valence-electron chi connectivity index (χ4n) is 1.57. The van der Waals surface area contributed by atoms with E-state index in [1.165, 1.54) is 0 Å². The van der Waals surface area contributed by atoms with E-state index in [0.29, 0.717) is 12.0 Å². The fourth-order valence-corrected chi connectivity index (χ4v) is 1.57. The van der Waals surface area contributed by atoms with E-state index in [1.807, 2.05) is 31.2 Å². The van der Waals surface area contributed by atoms with Crippen molar-refractivity contribution in [1.29, 1.82) is 0 Å². The first kappa shape index (κ1) is 10.7. The molecular formula is C13H14O3. The van der Waals surface area contributed by atoms with E-state index in [1.54, 1.807) is 18.4 Å². The molecule has 0 radical (unpaired) electrons. The second-order valence-corrected chi connectivity index (χ2v) is 3.76. The summed E-state index contributed by atoms with van der Waals surface area (Å²) in [5.41, 5.74) is 0.573. The molecule has 84 valence electrons. The van der Waals surface area contributed by atoms with Crippen molar-refractivity contribution in [3.63, 3.8) is 0 Å². The molecule has 0 aliphatic carbocycles. The molecule has 2 atom stereocenters. The lowest BCUT2D eigenvalue weighted by molar-refractivity contribution is -0.0230. The second-order valence-electron chi connectivity index (χ2n) is 3.76. The molecule has 2 rings (SSSR count). The third kappa shape index (κ3) is 2.42. The van der Waals surface area contributed by atoms with Crippen LogP contribution in [0.3, 0.4) is 0 Å². The molecule has 1 aliphatic rings. The molecule has 1 aliphatic heterocycles. The minimum atomic E-state index is -0.295. The highest BCUT2D eigenvalue weighted by Crippen LogP contribution is 2.16. The van der Waals surface area contributed by atoms with Crippen LogP contribution in [-0.2, 0) is 9.47 Å². The molecule has 1 aromatic carbocycles. The number of ether oxygens (including phenoxy) is 2. The summed E-state index contributed by atoms with van der Waals surface area (Å²) < 4.78 is 10.6. The Bertz CT molecular complexity index is 383. The van der Waals surface area contributed by atoms with Gasteiger partial charge in [-0.05, 0) is 25.1 Å². The molecule has 0 aromatic heterocycles. The fraction of sp³-hybridized carbons (Fsp3) is 0.308. The molecule has 16 heavy (non-hydrogen) atoms. The van der Waals surface area contributed by atoms with Gasteiger partial charge in [-0.2, -0.15) is 0 Å². The predicted octanol–water partition coefficient (Wildman–Crippen LogP) is 2.53. The zero-order valence-corrected chi connectivity index (χ0v) is 9.13. The maximum atomic E-state index is 11.8. The maximum absolute atomic E-state index is 11.8. The second kappa shape index (κ2) is 4.84. The Labute approximate surface area is 94.7 Å². The third-order valence-corrected chi connectivity index (χ3v) is 2.55. The Morgan fingerprint density at radius 1 is 1.38 bits per heavy atom. The SMILES string of the molecule is C[C@H]1OC=CC[C@@H]1OC(=O)c1ccccc1. The number of hydrogen-bond donors (Lipinski definition) is 0. The van der Waals surface area contributed by atoms with Gasteiger partial charge < -0.3 is 9.47 Å². The summed E-state index contributed by atoms with van der Waals surface area (Å²) in [7, 11) is 0. The van der Waals surface area contributed by atoms with Crippen molar-refractivity contribution in [2.24, 2.45) is 0 Å².